The molecule has 1 aromatic heterocycles. The van der Waals surface area contributed by atoms with Gasteiger partial charge in [-0.3, -0.25) is 19.2 Å². The maximum absolute atomic E-state index is 12.8. The van der Waals surface area contributed by atoms with Gasteiger partial charge in [-0.2, -0.15) is 0 Å². The van der Waals surface area contributed by atoms with E-state index in [-0.39, 0.29) is 23.9 Å². The highest BCUT2D eigenvalue weighted by Crippen LogP contribution is 2.33. The van der Waals surface area contributed by atoms with Crippen molar-refractivity contribution in [3.8, 4) is 0 Å². The first-order valence-electron chi connectivity index (χ1n) is 9.86. The zero-order valence-corrected chi connectivity index (χ0v) is 16.8. The zero-order valence-electron chi connectivity index (χ0n) is 16.0. The molecule has 1 aliphatic heterocycles. The number of hydrogen-bond acceptors (Lipinski definition) is 4. The van der Waals surface area contributed by atoms with Crippen molar-refractivity contribution in [1.29, 1.82) is 0 Å². The lowest BCUT2D eigenvalue weighted by Gasteiger charge is -2.27. The molecule has 1 saturated heterocycles. The molecule has 9 nitrogen and oxygen atoms in total. The molecule has 10 heteroatoms. The first kappa shape index (κ1) is 21.2. The van der Waals surface area contributed by atoms with Gasteiger partial charge in [-0.1, -0.05) is 24.4 Å². The van der Waals surface area contributed by atoms with E-state index >= 15 is 0 Å². The van der Waals surface area contributed by atoms with E-state index in [0.29, 0.717) is 30.5 Å². The monoisotopic (exact) mass is 423 g/mol. The second-order valence-corrected chi connectivity index (χ2v) is 8.16. The molecule has 29 heavy (non-hydrogen) atoms. The quantitative estimate of drug-likeness (QED) is 0.392. The molecule has 0 radical (unpaired) electrons. The molecule has 3 atom stereocenters. The van der Waals surface area contributed by atoms with Gasteiger partial charge in [-0.05, 0) is 43.7 Å². The number of nitrogens with one attached hydrogen (secondary N) is 4. The predicted molar refractivity (Wildman–Crippen MR) is 106 cm³/mol. The van der Waals surface area contributed by atoms with Gasteiger partial charge in [0.1, 0.15) is 22.9 Å². The van der Waals surface area contributed by atoms with Gasteiger partial charge in [0.15, 0.2) is 0 Å². The van der Waals surface area contributed by atoms with Crippen LogP contribution in [0.1, 0.15) is 49.0 Å². The minimum Gasteiger partial charge on any atom is -0.368 e. The van der Waals surface area contributed by atoms with Crippen molar-refractivity contribution in [3.63, 3.8) is 0 Å². The van der Waals surface area contributed by atoms with E-state index in [1.54, 1.807) is 6.07 Å². The molecule has 3 rings (SSSR count). The molecule has 2 aliphatic rings. The minimum atomic E-state index is -0.977. The molecule has 2 heterocycles. The van der Waals surface area contributed by atoms with Gasteiger partial charge in [0.2, 0.25) is 17.7 Å². The number of rotatable bonds is 9. The molecular weight excluding hydrogens is 398 g/mol. The fourth-order valence-electron chi connectivity index (χ4n) is 3.52. The van der Waals surface area contributed by atoms with Crippen molar-refractivity contribution in [2.24, 2.45) is 17.6 Å². The average Bonchev–Trinajstić information content (AvgIpc) is 3.39. The van der Waals surface area contributed by atoms with Crippen molar-refractivity contribution in [1.82, 2.24) is 20.9 Å². The third kappa shape index (κ3) is 5.96. The number of aromatic amines is 1. The standard InChI is InChI=1S/C19H26ClN5O4/c20-15-6-5-12(23-15)18(28)25-14(8-10-3-4-10)19(29)24-13(16(21)26)9-11-2-1-7-22-17(11)27/h5-6,10-11,13-14,23H,1-4,7-9H2,(H2,21,26)(H,22,27)(H,24,29)(H,25,28)/t11-,13-,14-/m0/s1. The maximum atomic E-state index is 12.8. The second-order valence-electron chi connectivity index (χ2n) is 7.75. The Morgan fingerprint density at radius 1 is 1.14 bits per heavy atom. The van der Waals surface area contributed by atoms with Crippen molar-refractivity contribution in [2.75, 3.05) is 6.54 Å². The van der Waals surface area contributed by atoms with Gasteiger partial charge in [0.05, 0.1) is 0 Å². The maximum Gasteiger partial charge on any atom is 0.268 e. The van der Waals surface area contributed by atoms with Crippen molar-refractivity contribution in [3.05, 3.63) is 23.0 Å². The Morgan fingerprint density at radius 2 is 1.90 bits per heavy atom. The number of carbonyl (C=O) groups is 4. The lowest BCUT2D eigenvalue weighted by Crippen LogP contribution is -2.54. The SMILES string of the molecule is NC(=O)[C@H](C[C@@H]1CCCNC1=O)NC(=O)[C@H](CC1CC1)NC(=O)c1ccc(Cl)[nH]1. The summed E-state index contributed by atoms with van der Waals surface area (Å²) in [6, 6.07) is 1.29. The van der Waals surface area contributed by atoms with E-state index < -0.39 is 29.8 Å². The van der Waals surface area contributed by atoms with Crippen LogP contribution in [-0.4, -0.2) is 47.2 Å². The summed E-state index contributed by atoms with van der Waals surface area (Å²) >= 11 is 5.81. The lowest BCUT2D eigenvalue weighted by molar-refractivity contribution is -0.131. The summed E-state index contributed by atoms with van der Waals surface area (Å²) in [5, 5.41) is 8.41. The highest BCUT2D eigenvalue weighted by atomic mass is 35.5. The van der Waals surface area contributed by atoms with Crippen LogP contribution in [0.3, 0.4) is 0 Å². The fourth-order valence-corrected chi connectivity index (χ4v) is 3.68. The van der Waals surface area contributed by atoms with Crippen LogP contribution in [0, 0.1) is 11.8 Å². The molecule has 0 bridgehead atoms. The summed E-state index contributed by atoms with van der Waals surface area (Å²) in [5.41, 5.74) is 5.71. The minimum absolute atomic E-state index is 0.136. The van der Waals surface area contributed by atoms with Gasteiger partial charge in [-0.25, -0.2) is 0 Å². The van der Waals surface area contributed by atoms with E-state index in [2.05, 4.69) is 20.9 Å². The number of nitrogens with two attached hydrogens (primary N) is 1. The van der Waals surface area contributed by atoms with Crippen molar-refractivity contribution >= 4 is 35.2 Å². The molecule has 0 aromatic carbocycles. The fraction of sp³-hybridized carbons (Fsp3) is 0.579. The molecule has 2 fully saturated rings. The normalized spacial score (nSPS) is 21.0. The van der Waals surface area contributed by atoms with Crippen molar-refractivity contribution in [2.45, 2.75) is 50.6 Å². The second kappa shape index (κ2) is 9.30. The summed E-state index contributed by atoms with van der Waals surface area (Å²) in [6.07, 6.45) is 4.06. The predicted octanol–water partition coefficient (Wildman–Crippen LogP) is 0.453. The topological polar surface area (TPSA) is 146 Å². The van der Waals surface area contributed by atoms with E-state index in [9.17, 15) is 19.2 Å². The number of amides is 4. The smallest absolute Gasteiger partial charge is 0.268 e. The van der Waals surface area contributed by atoms with Gasteiger partial charge >= 0.3 is 0 Å². The van der Waals surface area contributed by atoms with Gasteiger partial charge in [-0.15, -0.1) is 0 Å². The summed E-state index contributed by atoms with van der Waals surface area (Å²) in [4.78, 5) is 51.9. The number of H-pyrrole nitrogens is 1. The van der Waals surface area contributed by atoms with E-state index in [4.69, 9.17) is 17.3 Å². The summed E-state index contributed by atoms with van der Waals surface area (Å²) in [6.45, 7) is 0.612. The average molecular weight is 424 g/mol. The summed E-state index contributed by atoms with van der Waals surface area (Å²) < 4.78 is 0. The number of piperidine rings is 1. The molecule has 0 spiro atoms. The van der Waals surface area contributed by atoms with Gasteiger partial charge in [0, 0.05) is 12.5 Å². The van der Waals surface area contributed by atoms with Crippen LogP contribution in [0.4, 0.5) is 0 Å². The van der Waals surface area contributed by atoms with Crippen LogP contribution in [0.15, 0.2) is 12.1 Å². The Balaban J connectivity index is 1.64. The zero-order chi connectivity index (χ0) is 21.0. The molecule has 158 valence electrons. The van der Waals surface area contributed by atoms with Gasteiger partial charge in [0.25, 0.3) is 5.91 Å². The number of carbonyl (C=O) groups excluding carboxylic acids is 4. The Hall–Kier alpha value is -2.55. The Bertz CT molecular complexity index is 791. The number of primary amides is 1. The first-order valence-corrected chi connectivity index (χ1v) is 10.2. The van der Waals surface area contributed by atoms with E-state index in [1.165, 1.54) is 6.07 Å². The number of hydrogen-bond donors (Lipinski definition) is 5. The first-order chi connectivity index (χ1) is 13.8. The molecule has 4 amide bonds. The van der Waals surface area contributed by atoms with Crippen LogP contribution in [-0.2, 0) is 14.4 Å². The number of aromatic nitrogens is 1. The highest BCUT2D eigenvalue weighted by molar-refractivity contribution is 6.29. The Labute approximate surface area is 173 Å². The van der Waals surface area contributed by atoms with Crippen LogP contribution in [0.25, 0.3) is 0 Å². The van der Waals surface area contributed by atoms with Gasteiger partial charge < -0.3 is 26.7 Å². The molecule has 6 N–H and O–H groups in total. The van der Waals surface area contributed by atoms with E-state index in [1.807, 2.05) is 0 Å². The van der Waals surface area contributed by atoms with Crippen LogP contribution >= 0.6 is 11.6 Å². The van der Waals surface area contributed by atoms with Crippen LogP contribution in [0.2, 0.25) is 5.15 Å². The molecule has 1 aliphatic carbocycles. The number of halogens is 1. The summed E-state index contributed by atoms with van der Waals surface area (Å²) in [5.74, 6) is -1.80. The van der Waals surface area contributed by atoms with Crippen LogP contribution in [0.5, 0.6) is 0 Å². The molecular formula is C19H26ClN5O4. The third-order valence-electron chi connectivity index (χ3n) is 5.36. The largest absolute Gasteiger partial charge is 0.368 e. The molecule has 0 unspecified atom stereocenters. The highest BCUT2D eigenvalue weighted by Gasteiger charge is 2.34. The molecule has 1 saturated carbocycles. The summed E-state index contributed by atoms with van der Waals surface area (Å²) in [7, 11) is 0. The third-order valence-corrected chi connectivity index (χ3v) is 5.58. The van der Waals surface area contributed by atoms with E-state index in [0.717, 1.165) is 19.3 Å². The lowest BCUT2D eigenvalue weighted by atomic mass is 9.91. The van der Waals surface area contributed by atoms with Crippen LogP contribution < -0.4 is 21.7 Å². The Morgan fingerprint density at radius 3 is 2.48 bits per heavy atom. The molecule has 1 aromatic rings. The Kier molecular flexibility index (Phi) is 6.79. The van der Waals surface area contributed by atoms with Crippen molar-refractivity contribution < 1.29 is 19.2 Å².